The molecule has 0 bridgehead atoms. The van der Waals surface area contributed by atoms with E-state index in [4.69, 9.17) is 5.11 Å². The molecule has 0 unspecified atom stereocenters. The highest BCUT2D eigenvalue weighted by atomic mass is 16.3. The summed E-state index contributed by atoms with van der Waals surface area (Å²) in [4.78, 5) is 0. The van der Waals surface area contributed by atoms with Crippen molar-refractivity contribution < 1.29 is 10.2 Å². The fourth-order valence-electron chi connectivity index (χ4n) is 1.96. The molecule has 0 spiro atoms. The molecule has 3 nitrogen and oxygen atoms in total. The van der Waals surface area contributed by atoms with Crippen LogP contribution < -0.4 is 5.32 Å². The molecule has 1 aliphatic rings. The first-order valence-electron chi connectivity index (χ1n) is 5.12. The van der Waals surface area contributed by atoms with Gasteiger partial charge in [0.1, 0.15) is 0 Å². The van der Waals surface area contributed by atoms with Crippen LogP contribution in [-0.2, 0) is 0 Å². The van der Waals surface area contributed by atoms with Gasteiger partial charge in [0.25, 0.3) is 0 Å². The van der Waals surface area contributed by atoms with Gasteiger partial charge < -0.3 is 15.5 Å². The van der Waals surface area contributed by atoms with Gasteiger partial charge in [-0.25, -0.2) is 0 Å². The van der Waals surface area contributed by atoms with Crippen molar-refractivity contribution in [1.29, 1.82) is 0 Å². The molecule has 0 aromatic carbocycles. The zero-order chi connectivity index (χ0) is 9.90. The summed E-state index contributed by atoms with van der Waals surface area (Å²) in [6.45, 7) is 4.32. The van der Waals surface area contributed by atoms with E-state index in [2.05, 4.69) is 19.2 Å². The van der Waals surface area contributed by atoms with Crippen LogP contribution in [0.4, 0.5) is 0 Å². The normalized spacial score (nSPS) is 29.5. The Bertz CT molecular complexity index is 159. The number of hydrogen-bond acceptors (Lipinski definition) is 3. The third-order valence-corrected chi connectivity index (χ3v) is 2.79. The van der Waals surface area contributed by atoms with Gasteiger partial charge in [0.05, 0.1) is 6.10 Å². The van der Waals surface area contributed by atoms with Crippen molar-refractivity contribution in [2.75, 3.05) is 6.61 Å². The van der Waals surface area contributed by atoms with Crippen molar-refractivity contribution in [3.05, 3.63) is 0 Å². The zero-order valence-electron chi connectivity index (χ0n) is 8.58. The average Bonchev–Trinajstić information content (AvgIpc) is 2.35. The molecule has 0 aliphatic heterocycles. The molecule has 3 heteroatoms. The second kappa shape index (κ2) is 4.40. The van der Waals surface area contributed by atoms with Crippen LogP contribution in [0.5, 0.6) is 0 Å². The second-order valence-electron chi connectivity index (χ2n) is 4.61. The molecule has 1 rings (SSSR count). The van der Waals surface area contributed by atoms with Gasteiger partial charge in [0, 0.05) is 18.2 Å². The minimum absolute atomic E-state index is 0.0647. The summed E-state index contributed by atoms with van der Waals surface area (Å²) in [6, 6.07) is 0.224. The van der Waals surface area contributed by atoms with E-state index in [0.29, 0.717) is 0 Å². The molecule has 2 atom stereocenters. The minimum Gasteiger partial charge on any atom is -0.396 e. The van der Waals surface area contributed by atoms with Crippen LogP contribution in [0.2, 0.25) is 0 Å². The summed E-state index contributed by atoms with van der Waals surface area (Å²) in [6.07, 6.45) is 3.60. The maximum atomic E-state index is 9.60. The second-order valence-corrected chi connectivity index (χ2v) is 4.61. The fraction of sp³-hybridized carbons (Fsp3) is 1.00. The van der Waals surface area contributed by atoms with Gasteiger partial charge in [-0.2, -0.15) is 0 Å². The van der Waals surface area contributed by atoms with Gasteiger partial charge in [0.2, 0.25) is 0 Å². The average molecular weight is 187 g/mol. The molecule has 13 heavy (non-hydrogen) atoms. The lowest BCUT2D eigenvalue weighted by molar-refractivity contribution is 0.123. The molecule has 3 N–H and O–H groups in total. The van der Waals surface area contributed by atoms with Gasteiger partial charge in [-0.05, 0) is 39.5 Å². The van der Waals surface area contributed by atoms with E-state index in [1.807, 2.05) is 0 Å². The van der Waals surface area contributed by atoms with Gasteiger partial charge in [-0.1, -0.05) is 0 Å². The van der Waals surface area contributed by atoms with Crippen molar-refractivity contribution >= 4 is 0 Å². The molecule has 1 fully saturated rings. The Morgan fingerprint density at radius 1 is 1.38 bits per heavy atom. The number of aliphatic hydroxyl groups excluding tert-OH is 2. The smallest absolute Gasteiger partial charge is 0.0693 e. The molecule has 78 valence electrons. The first-order chi connectivity index (χ1) is 6.05. The molecule has 0 heterocycles. The number of nitrogens with one attached hydrogen (secondary N) is 1. The molecule has 1 saturated carbocycles. The van der Waals surface area contributed by atoms with Crippen molar-refractivity contribution in [2.45, 2.75) is 57.2 Å². The molecule has 0 aromatic rings. The lowest BCUT2D eigenvalue weighted by Crippen LogP contribution is -2.49. The van der Waals surface area contributed by atoms with Crippen molar-refractivity contribution in [3.8, 4) is 0 Å². The van der Waals surface area contributed by atoms with Crippen LogP contribution in [0, 0.1) is 0 Å². The lowest BCUT2D eigenvalue weighted by Gasteiger charge is -2.31. The van der Waals surface area contributed by atoms with Crippen LogP contribution in [0.3, 0.4) is 0 Å². The predicted molar refractivity (Wildman–Crippen MR) is 52.6 cm³/mol. The van der Waals surface area contributed by atoms with E-state index in [9.17, 15) is 5.11 Å². The highest BCUT2D eigenvalue weighted by molar-refractivity contribution is 4.89. The van der Waals surface area contributed by atoms with Crippen LogP contribution in [0.1, 0.15) is 39.5 Å². The molecule has 0 radical (unpaired) electrons. The van der Waals surface area contributed by atoms with E-state index in [-0.39, 0.29) is 24.3 Å². The third-order valence-electron chi connectivity index (χ3n) is 2.79. The Labute approximate surface area is 80.2 Å². The molecule has 0 saturated heterocycles. The molecule has 0 aromatic heterocycles. The Kier molecular flexibility index (Phi) is 3.71. The quantitative estimate of drug-likeness (QED) is 0.605. The van der Waals surface area contributed by atoms with Crippen molar-refractivity contribution in [3.63, 3.8) is 0 Å². The molecule has 1 aliphatic carbocycles. The Hall–Kier alpha value is -0.120. The number of hydrogen-bond donors (Lipinski definition) is 3. The van der Waals surface area contributed by atoms with E-state index in [0.717, 1.165) is 25.7 Å². The topological polar surface area (TPSA) is 52.5 Å². The first kappa shape index (κ1) is 11.0. The van der Waals surface area contributed by atoms with Crippen molar-refractivity contribution in [2.24, 2.45) is 0 Å². The largest absolute Gasteiger partial charge is 0.396 e. The van der Waals surface area contributed by atoms with Crippen LogP contribution in [0.25, 0.3) is 0 Å². The first-order valence-corrected chi connectivity index (χ1v) is 5.12. The van der Waals surface area contributed by atoms with Crippen LogP contribution in [-0.4, -0.2) is 34.5 Å². The zero-order valence-corrected chi connectivity index (χ0v) is 8.58. The van der Waals surface area contributed by atoms with E-state index in [1.54, 1.807) is 0 Å². The van der Waals surface area contributed by atoms with E-state index in [1.165, 1.54) is 0 Å². The summed E-state index contributed by atoms with van der Waals surface area (Å²) >= 11 is 0. The lowest BCUT2D eigenvalue weighted by atomic mass is 9.99. The van der Waals surface area contributed by atoms with Crippen LogP contribution >= 0.6 is 0 Å². The van der Waals surface area contributed by atoms with Gasteiger partial charge in [-0.15, -0.1) is 0 Å². The summed E-state index contributed by atoms with van der Waals surface area (Å²) in [5.74, 6) is 0. The Morgan fingerprint density at radius 2 is 2.08 bits per heavy atom. The predicted octanol–water partition coefficient (Wildman–Crippen LogP) is 0.650. The van der Waals surface area contributed by atoms with Crippen molar-refractivity contribution in [1.82, 2.24) is 5.32 Å². The highest BCUT2D eigenvalue weighted by Gasteiger charge is 2.29. The molecule has 0 amide bonds. The summed E-state index contributed by atoms with van der Waals surface area (Å²) in [7, 11) is 0. The van der Waals surface area contributed by atoms with Gasteiger partial charge >= 0.3 is 0 Å². The van der Waals surface area contributed by atoms with Gasteiger partial charge in [-0.3, -0.25) is 0 Å². The van der Waals surface area contributed by atoms with E-state index < -0.39 is 0 Å². The summed E-state index contributed by atoms with van der Waals surface area (Å²) in [5.41, 5.74) is -0.0647. The maximum absolute atomic E-state index is 9.60. The highest BCUT2D eigenvalue weighted by Crippen LogP contribution is 2.22. The third kappa shape index (κ3) is 3.25. The fourth-order valence-corrected chi connectivity index (χ4v) is 1.96. The monoisotopic (exact) mass is 187 g/mol. The Balaban J connectivity index is 2.37. The van der Waals surface area contributed by atoms with E-state index >= 15 is 0 Å². The number of rotatable bonds is 4. The van der Waals surface area contributed by atoms with Crippen LogP contribution in [0.15, 0.2) is 0 Å². The number of aliphatic hydroxyl groups is 2. The molecular weight excluding hydrogens is 166 g/mol. The maximum Gasteiger partial charge on any atom is 0.0693 e. The Morgan fingerprint density at radius 3 is 2.54 bits per heavy atom. The van der Waals surface area contributed by atoms with Gasteiger partial charge in [0.15, 0.2) is 0 Å². The standard InChI is InChI=1S/C10H21NO2/c1-10(2,6-7-12)11-8-4-3-5-9(8)13/h8-9,11-13H,3-7H2,1-2H3/t8-,9-/m1/s1. The summed E-state index contributed by atoms with van der Waals surface area (Å²) in [5, 5.41) is 21.8. The summed E-state index contributed by atoms with van der Waals surface area (Å²) < 4.78 is 0. The SMILES string of the molecule is CC(C)(CCO)N[C@@H]1CCC[C@H]1O. The molecular formula is C10H21NO2. The minimum atomic E-state index is -0.196.